The van der Waals surface area contributed by atoms with E-state index in [1.54, 1.807) is 0 Å². The molecule has 0 spiro atoms. The van der Waals surface area contributed by atoms with Gasteiger partial charge in [0.15, 0.2) is 11.6 Å². The number of hydrogen-bond donors (Lipinski definition) is 0. The summed E-state index contributed by atoms with van der Waals surface area (Å²) >= 11 is 0. The molecule has 7 nitrogen and oxygen atoms in total. The van der Waals surface area contributed by atoms with Crippen LogP contribution in [0.15, 0.2) is 237 Å². The second-order valence-corrected chi connectivity index (χ2v) is 19.6. The third-order valence-electron chi connectivity index (χ3n) is 15.7. The van der Waals surface area contributed by atoms with Crippen molar-refractivity contribution in [1.82, 2.24) is 32.9 Å². The molecule has 0 aliphatic rings. The molecule has 74 heavy (non-hydrogen) atoms. The van der Waals surface area contributed by atoms with Gasteiger partial charge in [0.1, 0.15) is 0 Å². The average Bonchev–Trinajstić information content (AvgIpc) is 4.30. The third kappa shape index (κ3) is 5.31. The number of nitrogens with zero attached hydrogens (tertiary/aromatic N) is 7. The summed E-state index contributed by atoms with van der Waals surface area (Å²) in [5, 5.41) is 12.1. The molecule has 6 aromatic heterocycles. The summed E-state index contributed by atoms with van der Waals surface area (Å²) in [7, 11) is 0. The molecule has 0 saturated heterocycles. The second-order valence-electron chi connectivity index (χ2n) is 19.6. The second kappa shape index (κ2) is 14.7. The molecule has 0 aliphatic heterocycles. The fourth-order valence-corrected chi connectivity index (χ4v) is 12.6. The molecule has 0 radical (unpaired) electrons. The van der Waals surface area contributed by atoms with Gasteiger partial charge in [0.05, 0.1) is 55.2 Å². The van der Waals surface area contributed by atoms with Crippen LogP contribution in [0.5, 0.6) is 0 Å². The van der Waals surface area contributed by atoms with Gasteiger partial charge in [-0.05, 0) is 71.1 Å². The van der Waals surface area contributed by atoms with Crippen LogP contribution in [0.4, 0.5) is 0 Å². The summed E-state index contributed by atoms with van der Waals surface area (Å²) in [5.74, 6) is 1.82. The van der Waals surface area contributed by atoms with E-state index in [2.05, 4.69) is 218 Å². The van der Waals surface area contributed by atoms with Gasteiger partial charge in [-0.1, -0.05) is 182 Å². The summed E-state index contributed by atoms with van der Waals surface area (Å²) in [5.41, 5.74) is 16.8. The zero-order valence-electron chi connectivity index (χ0n) is 39.6. The Morgan fingerprint density at radius 2 is 0.716 bits per heavy atom. The number of aromatic nitrogens is 7. The summed E-state index contributed by atoms with van der Waals surface area (Å²) in [4.78, 5) is 15.6. The third-order valence-corrected chi connectivity index (χ3v) is 15.7. The van der Waals surface area contributed by atoms with E-state index in [0.717, 1.165) is 55.2 Å². The maximum atomic E-state index is 5.29. The number of fused-ring (bicyclic) bond motifs is 16. The summed E-state index contributed by atoms with van der Waals surface area (Å²) in [6.45, 7) is 0. The maximum Gasteiger partial charge on any atom is 0.238 e. The highest BCUT2D eigenvalue weighted by Crippen LogP contribution is 2.47. The van der Waals surface area contributed by atoms with Gasteiger partial charge in [-0.15, -0.1) is 0 Å². The van der Waals surface area contributed by atoms with Crippen molar-refractivity contribution in [3.63, 3.8) is 0 Å². The van der Waals surface area contributed by atoms with Crippen molar-refractivity contribution >= 4 is 109 Å². The SMILES string of the molecule is c1ccc(-c2nc(-c3ccccc3)nc(-n3c4ccccc4c4c3ccc3c5ccc6ccc7c8ccc(-c9ccc%10c%11ccccc%11n(-c%11ccccc%11)c%10c9)cc8n8c9ccccc9n(c34)c5c6c78)n2)cc1. The molecular formula is C67H39N7. The molecule has 0 saturated carbocycles. The lowest BCUT2D eigenvalue weighted by Gasteiger charge is -2.11. The number of benzene rings is 11. The predicted octanol–water partition coefficient (Wildman–Crippen LogP) is 16.8. The summed E-state index contributed by atoms with van der Waals surface area (Å²) in [6.07, 6.45) is 0. The molecule has 17 rings (SSSR count). The predicted molar refractivity (Wildman–Crippen MR) is 305 cm³/mol. The molecule has 7 heteroatoms. The highest BCUT2D eigenvalue weighted by Gasteiger charge is 2.26. The van der Waals surface area contributed by atoms with Crippen molar-refractivity contribution in [1.29, 1.82) is 0 Å². The smallest absolute Gasteiger partial charge is 0.238 e. The molecular weight excluding hydrogens is 903 g/mol. The molecule has 17 aromatic rings. The van der Waals surface area contributed by atoms with Crippen LogP contribution in [-0.4, -0.2) is 32.9 Å². The molecule has 342 valence electrons. The summed E-state index contributed by atoms with van der Waals surface area (Å²) < 4.78 is 9.76. The van der Waals surface area contributed by atoms with Crippen molar-refractivity contribution in [3.8, 4) is 45.5 Å². The van der Waals surface area contributed by atoms with E-state index in [1.165, 1.54) is 81.8 Å². The van der Waals surface area contributed by atoms with Gasteiger partial charge in [-0.2, -0.15) is 9.97 Å². The van der Waals surface area contributed by atoms with Gasteiger partial charge in [0, 0.05) is 65.3 Å². The number of rotatable bonds is 5. The van der Waals surface area contributed by atoms with Crippen molar-refractivity contribution < 1.29 is 0 Å². The van der Waals surface area contributed by atoms with Gasteiger partial charge in [0.2, 0.25) is 5.95 Å². The topological polar surface area (TPSA) is 57.3 Å². The Kier molecular flexibility index (Phi) is 7.88. The average molecular weight is 942 g/mol. The van der Waals surface area contributed by atoms with E-state index in [4.69, 9.17) is 15.0 Å². The van der Waals surface area contributed by atoms with Crippen LogP contribution >= 0.6 is 0 Å². The minimum absolute atomic E-state index is 0.571. The number of hydrogen-bond acceptors (Lipinski definition) is 3. The first-order chi connectivity index (χ1) is 36.7. The van der Waals surface area contributed by atoms with Gasteiger partial charge in [-0.3, -0.25) is 4.57 Å². The molecule has 11 aromatic carbocycles. The Balaban J connectivity index is 0.974. The van der Waals surface area contributed by atoms with Crippen LogP contribution in [0.3, 0.4) is 0 Å². The fraction of sp³-hybridized carbons (Fsp3) is 0. The molecule has 0 amide bonds. The van der Waals surface area contributed by atoms with E-state index >= 15 is 0 Å². The van der Waals surface area contributed by atoms with E-state index < -0.39 is 0 Å². The molecule has 0 unspecified atom stereocenters. The molecule has 0 fully saturated rings. The first kappa shape index (κ1) is 39.6. The first-order valence-corrected chi connectivity index (χ1v) is 25.2. The van der Waals surface area contributed by atoms with E-state index in [9.17, 15) is 0 Å². The minimum atomic E-state index is 0.571. The Hall–Kier alpha value is -10.1. The normalized spacial score (nSPS) is 12.3. The van der Waals surface area contributed by atoms with Gasteiger partial charge in [-0.25, -0.2) is 4.98 Å². The van der Waals surface area contributed by atoms with Crippen molar-refractivity contribution in [2.24, 2.45) is 0 Å². The largest absolute Gasteiger partial charge is 0.309 e. The minimum Gasteiger partial charge on any atom is -0.309 e. The van der Waals surface area contributed by atoms with Crippen molar-refractivity contribution in [3.05, 3.63) is 237 Å². The van der Waals surface area contributed by atoms with Crippen molar-refractivity contribution in [2.75, 3.05) is 0 Å². The highest BCUT2D eigenvalue weighted by molar-refractivity contribution is 6.33. The van der Waals surface area contributed by atoms with E-state index in [0.29, 0.717) is 17.6 Å². The Morgan fingerprint density at radius 1 is 0.257 bits per heavy atom. The van der Waals surface area contributed by atoms with Crippen molar-refractivity contribution in [2.45, 2.75) is 0 Å². The fourth-order valence-electron chi connectivity index (χ4n) is 12.6. The highest BCUT2D eigenvalue weighted by atomic mass is 15.2. The Bertz CT molecular complexity index is 5120. The van der Waals surface area contributed by atoms with Gasteiger partial charge >= 0.3 is 0 Å². The Labute approximate surface area is 422 Å². The molecule has 0 N–H and O–H groups in total. The first-order valence-electron chi connectivity index (χ1n) is 25.2. The van der Waals surface area contributed by atoms with Crippen LogP contribution < -0.4 is 0 Å². The molecule has 0 bridgehead atoms. The van der Waals surface area contributed by atoms with E-state index in [-0.39, 0.29) is 0 Å². The zero-order valence-corrected chi connectivity index (χ0v) is 39.6. The Morgan fingerprint density at radius 3 is 1.38 bits per heavy atom. The van der Waals surface area contributed by atoms with Crippen LogP contribution in [0.25, 0.3) is 155 Å². The lowest BCUT2D eigenvalue weighted by molar-refractivity contribution is 0.953. The monoisotopic (exact) mass is 941 g/mol. The van der Waals surface area contributed by atoms with Crippen LogP contribution in [-0.2, 0) is 0 Å². The van der Waals surface area contributed by atoms with Gasteiger partial charge < -0.3 is 13.4 Å². The molecule has 0 aliphatic carbocycles. The number of para-hydroxylation sites is 5. The maximum absolute atomic E-state index is 5.29. The van der Waals surface area contributed by atoms with Crippen LogP contribution in [0, 0.1) is 0 Å². The lowest BCUT2D eigenvalue weighted by Crippen LogP contribution is -2.06. The quantitative estimate of drug-likeness (QED) is 0.173. The molecule has 0 atom stereocenters. The molecule has 6 heterocycles. The zero-order chi connectivity index (χ0) is 48.2. The van der Waals surface area contributed by atoms with Gasteiger partial charge in [0.25, 0.3) is 0 Å². The van der Waals surface area contributed by atoms with Crippen LogP contribution in [0.1, 0.15) is 0 Å². The lowest BCUT2D eigenvalue weighted by atomic mass is 10.00. The van der Waals surface area contributed by atoms with E-state index in [1.807, 2.05) is 36.4 Å². The van der Waals surface area contributed by atoms with Crippen LogP contribution in [0.2, 0.25) is 0 Å². The standard InChI is InChI=1S/C67H39N7/c1-4-16-41(17-5-1)65-68-66(42-18-6-2-7-19-42)70-67(69-65)73-54-25-13-11-23-52(54)61-57(73)37-36-51-50-35-29-40-28-34-49-48-33-31-44(39-59(48)72-55-26-14-15-27-56(55)74(64(51)61)63(50)60(40)62(49)72)43-30-32-47-46-22-10-12-24-53(46)71(58(47)38-43)45-20-8-3-9-21-45/h1-39H. The summed E-state index contributed by atoms with van der Waals surface area (Å²) in [6, 6.07) is 85.5.